The third-order valence-corrected chi connectivity index (χ3v) is 8.02. The summed E-state index contributed by atoms with van der Waals surface area (Å²) in [6, 6.07) is 11.6. The van der Waals surface area contributed by atoms with Gasteiger partial charge in [0.05, 0.1) is 31.8 Å². The van der Waals surface area contributed by atoms with Crippen molar-refractivity contribution in [3.63, 3.8) is 0 Å². The molecule has 4 aromatic rings. The number of hydrogen-bond donors (Lipinski definition) is 1. The first-order valence-corrected chi connectivity index (χ1v) is 14.2. The zero-order valence-corrected chi connectivity index (χ0v) is 22.7. The molecule has 1 amide bonds. The molecule has 1 aromatic carbocycles. The Morgan fingerprint density at radius 2 is 1.97 bits per heavy atom. The highest BCUT2D eigenvalue weighted by Crippen LogP contribution is 2.33. The number of aromatic nitrogens is 5. The minimum atomic E-state index is -0.142. The highest BCUT2D eigenvalue weighted by Gasteiger charge is 2.20. The summed E-state index contributed by atoms with van der Waals surface area (Å²) in [6.07, 6.45) is 4.36. The van der Waals surface area contributed by atoms with Crippen LogP contribution in [-0.4, -0.2) is 82.0 Å². The second-order valence-electron chi connectivity index (χ2n) is 8.53. The zero-order chi connectivity index (χ0) is 26.2. The minimum absolute atomic E-state index is 0.142. The number of thiazole rings is 1. The Hall–Kier alpha value is -3.32. The van der Waals surface area contributed by atoms with E-state index >= 15 is 0 Å². The number of hydrogen-bond acceptors (Lipinski definition) is 10. The van der Waals surface area contributed by atoms with Gasteiger partial charge >= 0.3 is 0 Å². The number of nitrogens with one attached hydrogen (secondary N) is 1. The summed E-state index contributed by atoms with van der Waals surface area (Å²) in [5.41, 5.74) is 2.18. The molecule has 0 spiro atoms. The van der Waals surface area contributed by atoms with Crippen LogP contribution < -0.4 is 10.1 Å². The Morgan fingerprint density at radius 1 is 1.16 bits per heavy atom. The van der Waals surface area contributed by atoms with Crippen LogP contribution in [0.5, 0.6) is 5.75 Å². The van der Waals surface area contributed by atoms with E-state index in [4.69, 9.17) is 9.47 Å². The van der Waals surface area contributed by atoms with Gasteiger partial charge in [0.1, 0.15) is 16.5 Å². The molecule has 12 heteroatoms. The molecule has 0 saturated carbocycles. The van der Waals surface area contributed by atoms with Gasteiger partial charge in [-0.25, -0.2) is 4.98 Å². The van der Waals surface area contributed by atoms with E-state index in [1.807, 2.05) is 41.0 Å². The first-order chi connectivity index (χ1) is 18.7. The van der Waals surface area contributed by atoms with Gasteiger partial charge in [-0.05, 0) is 37.2 Å². The van der Waals surface area contributed by atoms with Crippen LogP contribution in [0, 0.1) is 0 Å². The van der Waals surface area contributed by atoms with Crippen molar-refractivity contribution in [3.8, 4) is 22.8 Å². The predicted molar refractivity (Wildman–Crippen MR) is 147 cm³/mol. The Morgan fingerprint density at radius 3 is 2.79 bits per heavy atom. The molecule has 4 heterocycles. The van der Waals surface area contributed by atoms with E-state index < -0.39 is 0 Å². The molecule has 0 bridgehead atoms. The number of morpholine rings is 1. The van der Waals surface area contributed by atoms with Gasteiger partial charge in [-0.2, -0.15) is 0 Å². The zero-order valence-electron chi connectivity index (χ0n) is 21.1. The monoisotopic (exact) mass is 551 g/mol. The molecule has 0 radical (unpaired) electrons. The van der Waals surface area contributed by atoms with E-state index in [9.17, 15) is 4.79 Å². The Balaban J connectivity index is 1.24. The Bertz CT molecular complexity index is 1340. The summed E-state index contributed by atoms with van der Waals surface area (Å²) in [5, 5.41) is 15.3. The fourth-order valence-electron chi connectivity index (χ4n) is 4.11. The summed E-state index contributed by atoms with van der Waals surface area (Å²) >= 11 is 2.98. The van der Waals surface area contributed by atoms with Gasteiger partial charge in [0, 0.05) is 43.0 Å². The van der Waals surface area contributed by atoms with Crippen molar-refractivity contribution >= 4 is 29.0 Å². The van der Waals surface area contributed by atoms with E-state index in [1.165, 1.54) is 23.1 Å². The quantitative estimate of drug-likeness (QED) is 0.221. The van der Waals surface area contributed by atoms with Gasteiger partial charge in [-0.1, -0.05) is 23.9 Å². The molecular formula is C26H29N7O3S2. The van der Waals surface area contributed by atoms with Crippen LogP contribution in [0.2, 0.25) is 0 Å². The highest BCUT2D eigenvalue weighted by atomic mass is 32.2. The number of methoxy groups -OCH3 is 1. The summed E-state index contributed by atoms with van der Waals surface area (Å²) in [6.45, 7) is 5.05. The Kier molecular flexibility index (Phi) is 8.97. The van der Waals surface area contributed by atoms with Crippen molar-refractivity contribution in [3.05, 3.63) is 64.9 Å². The van der Waals surface area contributed by atoms with Gasteiger partial charge in [-0.3, -0.25) is 19.2 Å². The maximum absolute atomic E-state index is 12.6. The van der Waals surface area contributed by atoms with E-state index in [0.717, 1.165) is 55.5 Å². The van der Waals surface area contributed by atoms with Crippen LogP contribution in [0.25, 0.3) is 17.1 Å². The van der Waals surface area contributed by atoms with Gasteiger partial charge in [0.15, 0.2) is 11.0 Å². The first kappa shape index (κ1) is 26.3. The number of para-hydroxylation sites is 2. The fourth-order valence-corrected chi connectivity index (χ4v) is 5.85. The first-order valence-electron chi connectivity index (χ1n) is 12.4. The molecule has 0 aliphatic carbocycles. The molecule has 5 rings (SSSR count). The summed E-state index contributed by atoms with van der Waals surface area (Å²) in [5.74, 6) is 1.82. The van der Waals surface area contributed by atoms with Crippen molar-refractivity contribution in [2.24, 2.45) is 0 Å². The van der Waals surface area contributed by atoms with E-state index in [2.05, 4.69) is 30.4 Å². The molecule has 38 heavy (non-hydrogen) atoms. The average molecular weight is 552 g/mol. The largest absolute Gasteiger partial charge is 0.495 e. The standard InChI is InChI=1S/C26H29N7O3S2/c1-35-22-6-3-2-5-21(22)33-24(19-7-10-27-11-8-19)30-31-26(33)38-18-23-29-20(17-37-23)25(34)28-9-4-12-32-13-15-36-16-14-32/h2-3,5-8,10-11,17H,4,9,12-16,18H2,1H3,(H,28,34). The number of ether oxygens (including phenoxy) is 2. The highest BCUT2D eigenvalue weighted by molar-refractivity contribution is 7.98. The maximum atomic E-state index is 12.6. The number of rotatable bonds is 11. The third-order valence-electron chi connectivity index (χ3n) is 6.05. The van der Waals surface area contributed by atoms with Crippen LogP contribution in [0.4, 0.5) is 0 Å². The average Bonchev–Trinajstić information content (AvgIpc) is 3.62. The molecule has 1 aliphatic rings. The maximum Gasteiger partial charge on any atom is 0.270 e. The lowest BCUT2D eigenvalue weighted by molar-refractivity contribution is 0.0374. The number of benzene rings is 1. The molecular weight excluding hydrogens is 522 g/mol. The lowest BCUT2D eigenvalue weighted by Crippen LogP contribution is -2.38. The molecule has 1 fully saturated rings. The lowest BCUT2D eigenvalue weighted by atomic mass is 10.2. The molecule has 0 atom stereocenters. The molecule has 198 valence electrons. The van der Waals surface area contributed by atoms with Crippen molar-refractivity contribution in [2.45, 2.75) is 17.3 Å². The smallest absolute Gasteiger partial charge is 0.270 e. The third kappa shape index (κ3) is 6.38. The fraction of sp³-hybridized carbons (Fsp3) is 0.346. The molecule has 10 nitrogen and oxygen atoms in total. The molecule has 3 aromatic heterocycles. The summed E-state index contributed by atoms with van der Waals surface area (Å²) < 4.78 is 13.0. The van der Waals surface area contributed by atoms with Gasteiger partial charge in [0.2, 0.25) is 0 Å². The van der Waals surface area contributed by atoms with Crippen molar-refractivity contribution in [1.29, 1.82) is 0 Å². The van der Waals surface area contributed by atoms with Crippen LogP contribution in [0.3, 0.4) is 0 Å². The van der Waals surface area contributed by atoms with Crippen LogP contribution in [-0.2, 0) is 10.5 Å². The van der Waals surface area contributed by atoms with Gasteiger partial charge in [0.25, 0.3) is 5.91 Å². The lowest BCUT2D eigenvalue weighted by Gasteiger charge is -2.26. The SMILES string of the molecule is COc1ccccc1-n1c(SCc2nc(C(=O)NCCCN3CCOCC3)cs2)nnc1-c1ccncc1. The number of carbonyl (C=O) groups excluding carboxylic acids is 1. The van der Waals surface area contributed by atoms with Crippen molar-refractivity contribution in [1.82, 2.24) is 34.9 Å². The second-order valence-corrected chi connectivity index (χ2v) is 10.4. The number of pyridine rings is 1. The van der Waals surface area contributed by atoms with Gasteiger partial charge in [-0.15, -0.1) is 21.5 Å². The Labute approximate surface area is 229 Å². The number of carbonyl (C=O) groups is 1. The van der Waals surface area contributed by atoms with E-state index in [1.54, 1.807) is 24.9 Å². The van der Waals surface area contributed by atoms with Gasteiger partial charge < -0.3 is 14.8 Å². The normalized spacial score (nSPS) is 13.9. The number of thioether (sulfide) groups is 1. The molecule has 1 aliphatic heterocycles. The predicted octanol–water partition coefficient (Wildman–Crippen LogP) is 3.54. The van der Waals surface area contributed by atoms with Crippen molar-refractivity contribution in [2.75, 3.05) is 46.5 Å². The van der Waals surface area contributed by atoms with E-state index in [-0.39, 0.29) is 5.91 Å². The minimum Gasteiger partial charge on any atom is -0.495 e. The second kappa shape index (κ2) is 13.0. The summed E-state index contributed by atoms with van der Waals surface area (Å²) in [7, 11) is 1.65. The molecule has 1 saturated heterocycles. The molecule has 1 N–H and O–H groups in total. The van der Waals surface area contributed by atoms with Crippen LogP contribution in [0.15, 0.2) is 59.3 Å². The topological polar surface area (TPSA) is 107 Å². The van der Waals surface area contributed by atoms with Crippen LogP contribution in [0.1, 0.15) is 21.9 Å². The molecule has 0 unspecified atom stereocenters. The number of nitrogens with zero attached hydrogens (tertiary/aromatic N) is 6. The van der Waals surface area contributed by atoms with Crippen molar-refractivity contribution < 1.29 is 14.3 Å². The van der Waals surface area contributed by atoms with Crippen LogP contribution >= 0.6 is 23.1 Å². The number of amides is 1. The summed E-state index contributed by atoms with van der Waals surface area (Å²) in [4.78, 5) is 23.6. The van der Waals surface area contributed by atoms with E-state index in [0.29, 0.717) is 34.7 Å².